The van der Waals surface area contributed by atoms with E-state index < -0.39 is 6.09 Å². The van der Waals surface area contributed by atoms with E-state index >= 15 is 0 Å². The zero-order valence-corrected chi connectivity index (χ0v) is 19.5. The molecule has 2 amide bonds. The van der Waals surface area contributed by atoms with Gasteiger partial charge in [-0.15, -0.1) is 11.3 Å². The van der Waals surface area contributed by atoms with E-state index in [4.69, 9.17) is 4.98 Å². The third kappa shape index (κ3) is 4.63. The van der Waals surface area contributed by atoms with E-state index in [1.165, 1.54) is 20.0 Å². The molecule has 1 saturated carbocycles. The monoisotopic (exact) mass is 469 g/mol. The second-order valence-electron chi connectivity index (χ2n) is 8.65. The van der Waals surface area contributed by atoms with Crippen molar-refractivity contribution in [2.24, 2.45) is 5.92 Å². The fraction of sp³-hybridized carbons (Fsp3) is 0.500. The predicted octanol–water partition coefficient (Wildman–Crippen LogP) is 3.02. The molecular weight excluding hydrogens is 442 g/mol. The van der Waals surface area contributed by atoms with Crippen LogP contribution >= 0.6 is 11.3 Å². The van der Waals surface area contributed by atoms with E-state index in [2.05, 4.69) is 32.4 Å². The Kier molecular flexibility index (Phi) is 5.88. The van der Waals surface area contributed by atoms with Crippen LogP contribution in [0, 0.1) is 5.92 Å². The normalized spacial score (nSPS) is 17.7. The highest BCUT2D eigenvalue weighted by Crippen LogP contribution is 2.34. The maximum absolute atomic E-state index is 13.4. The van der Waals surface area contributed by atoms with Gasteiger partial charge >= 0.3 is 6.09 Å². The average Bonchev–Trinajstić information content (AvgIpc) is 3.45. The number of piperidine rings is 1. The van der Waals surface area contributed by atoms with Gasteiger partial charge in [0.05, 0.1) is 18.9 Å². The molecule has 2 aliphatic rings. The molecule has 3 aromatic rings. The minimum Gasteiger partial charge on any atom is -0.453 e. The van der Waals surface area contributed by atoms with Crippen molar-refractivity contribution in [1.82, 2.24) is 29.8 Å². The van der Waals surface area contributed by atoms with Gasteiger partial charge in [-0.25, -0.2) is 19.3 Å². The van der Waals surface area contributed by atoms with Crippen molar-refractivity contribution in [1.29, 1.82) is 0 Å². The molecule has 4 heterocycles. The zero-order valence-electron chi connectivity index (χ0n) is 18.7. The number of amides is 2. The Morgan fingerprint density at radius 1 is 1.21 bits per heavy atom. The molecule has 2 fully saturated rings. The molecule has 2 N–H and O–H groups in total. The number of hydrogen-bond donors (Lipinski definition) is 2. The lowest BCUT2D eigenvalue weighted by Crippen LogP contribution is -2.46. The van der Waals surface area contributed by atoms with Crippen LogP contribution in [-0.4, -0.2) is 68.8 Å². The van der Waals surface area contributed by atoms with Crippen LogP contribution in [0.4, 0.5) is 10.6 Å². The maximum atomic E-state index is 13.4. The first-order chi connectivity index (χ1) is 16.0. The summed E-state index contributed by atoms with van der Waals surface area (Å²) in [5.74, 6) is 1.66. The zero-order chi connectivity index (χ0) is 22.9. The lowest BCUT2D eigenvalue weighted by atomic mass is 10.0. The Bertz CT molecular complexity index is 1160. The van der Waals surface area contributed by atoms with Crippen LogP contribution in [0.3, 0.4) is 0 Å². The van der Waals surface area contributed by atoms with Gasteiger partial charge < -0.3 is 20.3 Å². The molecule has 11 heteroatoms. The van der Waals surface area contributed by atoms with E-state index in [-0.39, 0.29) is 18.0 Å². The fourth-order valence-electron chi connectivity index (χ4n) is 4.19. The second-order valence-corrected chi connectivity index (χ2v) is 9.54. The van der Waals surface area contributed by atoms with Gasteiger partial charge in [-0.05, 0) is 38.5 Å². The van der Waals surface area contributed by atoms with Crippen LogP contribution in [0.5, 0.6) is 0 Å². The number of anilines is 1. The summed E-state index contributed by atoms with van der Waals surface area (Å²) in [6, 6.07) is 2.03. The van der Waals surface area contributed by atoms with E-state index in [9.17, 15) is 9.59 Å². The number of nitrogens with one attached hydrogen (secondary N) is 2. The van der Waals surface area contributed by atoms with Crippen molar-refractivity contribution >= 4 is 34.0 Å². The Balaban J connectivity index is 1.39. The number of likely N-dealkylation sites (tertiary alicyclic amines) is 1. The molecule has 1 aliphatic carbocycles. The van der Waals surface area contributed by atoms with Crippen LogP contribution in [0.15, 0.2) is 23.8 Å². The third-order valence-electron chi connectivity index (χ3n) is 6.31. The van der Waals surface area contributed by atoms with Crippen molar-refractivity contribution in [3.05, 3.63) is 29.5 Å². The summed E-state index contributed by atoms with van der Waals surface area (Å²) in [6.45, 7) is 3.23. The van der Waals surface area contributed by atoms with Crippen LogP contribution in [0.1, 0.15) is 43.1 Å². The molecule has 10 nitrogen and oxygen atoms in total. The van der Waals surface area contributed by atoms with Gasteiger partial charge in [0.1, 0.15) is 16.3 Å². The summed E-state index contributed by atoms with van der Waals surface area (Å²) in [5.41, 5.74) is 1.17. The number of carbonyl (C=O) groups is 2. The molecule has 0 bridgehead atoms. The second kappa shape index (κ2) is 8.97. The van der Waals surface area contributed by atoms with Crippen LogP contribution in [-0.2, 0) is 4.74 Å². The van der Waals surface area contributed by atoms with Gasteiger partial charge in [-0.2, -0.15) is 5.10 Å². The average molecular weight is 470 g/mol. The quantitative estimate of drug-likeness (QED) is 0.570. The molecule has 174 valence electrons. The van der Waals surface area contributed by atoms with Crippen molar-refractivity contribution < 1.29 is 14.3 Å². The van der Waals surface area contributed by atoms with Crippen molar-refractivity contribution in [2.75, 3.05) is 25.5 Å². The first-order valence-electron chi connectivity index (χ1n) is 11.2. The Hall–Kier alpha value is -3.21. The molecule has 1 atom stereocenters. The van der Waals surface area contributed by atoms with Gasteiger partial charge in [0.25, 0.3) is 5.91 Å². The number of nitrogens with zero attached hydrogens (tertiary/aromatic N) is 5. The van der Waals surface area contributed by atoms with E-state index in [0.29, 0.717) is 49.2 Å². The summed E-state index contributed by atoms with van der Waals surface area (Å²) >= 11 is 1.56. The topological polar surface area (TPSA) is 114 Å². The number of fused-ring (bicyclic) bond motifs is 1. The molecule has 0 radical (unpaired) electrons. The minimum absolute atomic E-state index is 0.00129. The van der Waals surface area contributed by atoms with Crippen LogP contribution < -0.4 is 10.6 Å². The highest BCUT2D eigenvalue weighted by atomic mass is 32.1. The van der Waals surface area contributed by atoms with Gasteiger partial charge in [-0.1, -0.05) is 0 Å². The van der Waals surface area contributed by atoms with Gasteiger partial charge in [0.2, 0.25) is 0 Å². The largest absolute Gasteiger partial charge is 0.453 e. The highest BCUT2D eigenvalue weighted by molar-refractivity contribution is 7.16. The smallest absolute Gasteiger partial charge is 0.407 e. The number of alkyl carbamates (subject to hydrolysis) is 1. The van der Waals surface area contributed by atoms with E-state index in [1.54, 1.807) is 33.0 Å². The SMILES string of the molecule is COC(=O)NC1CCN(C(=O)c2cc(NC(C)C3CC3)nc(-c3cnn4ccsc34)n2)CC1. The molecule has 33 heavy (non-hydrogen) atoms. The first-order valence-corrected chi connectivity index (χ1v) is 12.1. The molecule has 1 unspecified atom stereocenters. The number of aromatic nitrogens is 4. The van der Waals surface area contributed by atoms with E-state index in [1.807, 2.05) is 11.6 Å². The Morgan fingerprint density at radius 2 is 2.00 bits per heavy atom. The molecular formula is C22H27N7O3S. The molecule has 5 rings (SSSR count). The summed E-state index contributed by atoms with van der Waals surface area (Å²) in [4.78, 5) is 37.0. The van der Waals surface area contributed by atoms with Crippen molar-refractivity contribution in [3.8, 4) is 11.4 Å². The predicted molar refractivity (Wildman–Crippen MR) is 124 cm³/mol. The van der Waals surface area contributed by atoms with Gasteiger partial charge in [0.15, 0.2) is 5.82 Å². The summed E-state index contributed by atoms with van der Waals surface area (Å²) in [5, 5.41) is 12.6. The van der Waals surface area contributed by atoms with Crippen LogP contribution in [0.25, 0.3) is 16.2 Å². The van der Waals surface area contributed by atoms with Crippen molar-refractivity contribution in [2.45, 2.75) is 44.7 Å². The number of hydrogen-bond acceptors (Lipinski definition) is 8. The molecule has 3 aromatic heterocycles. The summed E-state index contributed by atoms with van der Waals surface area (Å²) in [7, 11) is 1.35. The lowest BCUT2D eigenvalue weighted by Gasteiger charge is -2.32. The standard InChI is InChI=1S/C22H27N7O3S/c1-13(14-3-4-14)24-18-11-17(20(30)28-7-5-15(6-8-28)25-22(31)32-2)26-19(27-18)16-12-23-29-9-10-33-21(16)29/h9-15H,3-8H2,1-2H3,(H,25,31)(H,24,26,27). The number of thiazole rings is 1. The molecule has 1 saturated heterocycles. The lowest BCUT2D eigenvalue weighted by molar-refractivity contribution is 0.0698. The summed E-state index contributed by atoms with van der Waals surface area (Å²) in [6.07, 6.45) is 6.95. The number of rotatable bonds is 6. The minimum atomic E-state index is -0.443. The first kappa shape index (κ1) is 21.6. The molecule has 1 aliphatic heterocycles. The third-order valence-corrected chi connectivity index (χ3v) is 7.20. The van der Waals surface area contributed by atoms with Gasteiger partial charge in [0, 0.05) is 42.8 Å². The van der Waals surface area contributed by atoms with E-state index in [0.717, 1.165) is 10.4 Å². The Labute approximate surface area is 195 Å². The van der Waals surface area contributed by atoms with Crippen molar-refractivity contribution in [3.63, 3.8) is 0 Å². The molecule has 0 aromatic carbocycles. The van der Waals surface area contributed by atoms with Gasteiger partial charge in [-0.3, -0.25) is 4.79 Å². The number of methoxy groups -OCH3 is 1. The fourth-order valence-corrected chi connectivity index (χ4v) is 4.99. The number of carbonyl (C=O) groups excluding carboxylic acids is 2. The maximum Gasteiger partial charge on any atom is 0.407 e. The number of ether oxygens (including phenoxy) is 1. The highest BCUT2D eigenvalue weighted by Gasteiger charge is 2.30. The summed E-state index contributed by atoms with van der Waals surface area (Å²) < 4.78 is 6.46. The Morgan fingerprint density at radius 3 is 2.73 bits per heavy atom. The molecule has 0 spiro atoms. The van der Waals surface area contributed by atoms with Crippen LogP contribution in [0.2, 0.25) is 0 Å².